The van der Waals surface area contributed by atoms with Crippen molar-refractivity contribution in [3.63, 3.8) is 0 Å². The number of nitro groups is 1. The van der Waals surface area contributed by atoms with Gasteiger partial charge < -0.3 is 0 Å². The van der Waals surface area contributed by atoms with Gasteiger partial charge in [0.05, 0.1) is 0 Å². The van der Waals surface area contributed by atoms with Crippen LogP contribution in [0.2, 0.25) is 0 Å². The molecule has 1 rings (SSSR count). The van der Waals surface area contributed by atoms with Crippen molar-refractivity contribution in [2.45, 2.75) is 13.8 Å². The standard InChI is InChI=1S/C8H9BrN2O2/c1-5-3-7(9)4-6(2)8(5)10-11(12)13/h3-4,10H,1-2H3. The third kappa shape index (κ3) is 2.42. The first-order chi connectivity index (χ1) is 6.00. The van der Waals surface area contributed by atoms with E-state index in [4.69, 9.17) is 0 Å². The molecule has 1 N–H and O–H groups in total. The summed E-state index contributed by atoms with van der Waals surface area (Å²) in [5.74, 6) is 0. The van der Waals surface area contributed by atoms with Gasteiger partial charge in [0.25, 0.3) is 0 Å². The maximum absolute atomic E-state index is 10.2. The van der Waals surface area contributed by atoms with Crippen molar-refractivity contribution < 1.29 is 5.03 Å². The summed E-state index contributed by atoms with van der Waals surface area (Å²) >= 11 is 3.32. The highest BCUT2D eigenvalue weighted by molar-refractivity contribution is 9.10. The largest absolute Gasteiger partial charge is 0.235 e. The van der Waals surface area contributed by atoms with Gasteiger partial charge in [-0.05, 0) is 37.1 Å². The molecule has 0 bridgehead atoms. The van der Waals surface area contributed by atoms with Crippen molar-refractivity contribution in [1.29, 1.82) is 0 Å². The molecule has 0 aliphatic rings. The number of nitrogens with one attached hydrogen (secondary N) is 1. The Hall–Kier alpha value is -1.10. The molecule has 0 amide bonds. The Kier molecular flexibility index (Phi) is 2.87. The fourth-order valence-electron chi connectivity index (χ4n) is 1.18. The Labute approximate surface area is 84.2 Å². The molecule has 0 saturated carbocycles. The zero-order valence-corrected chi connectivity index (χ0v) is 8.88. The van der Waals surface area contributed by atoms with E-state index in [9.17, 15) is 10.1 Å². The van der Waals surface area contributed by atoms with Gasteiger partial charge >= 0.3 is 0 Å². The number of anilines is 1. The minimum atomic E-state index is -0.552. The van der Waals surface area contributed by atoms with Gasteiger partial charge in [-0.2, -0.15) is 0 Å². The van der Waals surface area contributed by atoms with Crippen LogP contribution in [0.3, 0.4) is 0 Å². The van der Waals surface area contributed by atoms with Crippen molar-refractivity contribution in [3.05, 3.63) is 37.8 Å². The molecular formula is C8H9BrN2O2. The summed E-state index contributed by atoms with van der Waals surface area (Å²) in [5.41, 5.74) is 4.43. The van der Waals surface area contributed by atoms with E-state index in [0.717, 1.165) is 15.6 Å². The number of halogens is 1. The molecule has 5 heteroatoms. The number of hydrazine groups is 1. The molecule has 0 aromatic heterocycles. The smallest absolute Gasteiger partial charge is 0.162 e. The number of benzene rings is 1. The lowest BCUT2D eigenvalue weighted by atomic mass is 10.1. The zero-order valence-electron chi connectivity index (χ0n) is 7.30. The normalized spacial score (nSPS) is 9.77. The number of hydrogen-bond donors (Lipinski definition) is 1. The average Bonchev–Trinajstić information content (AvgIpc) is 1.96. The zero-order chi connectivity index (χ0) is 10.0. The topological polar surface area (TPSA) is 55.2 Å². The van der Waals surface area contributed by atoms with E-state index in [1.54, 1.807) is 0 Å². The Bertz CT molecular complexity index is 329. The Morgan fingerprint density at radius 3 is 2.23 bits per heavy atom. The summed E-state index contributed by atoms with van der Waals surface area (Å²) in [6.07, 6.45) is 0. The second-order valence-electron chi connectivity index (χ2n) is 2.78. The maximum atomic E-state index is 10.2. The molecule has 0 aliphatic carbocycles. The minimum absolute atomic E-state index is 0.552. The molecular weight excluding hydrogens is 236 g/mol. The molecule has 70 valence electrons. The molecule has 0 fully saturated rings. The number of nitrogens with zero attached hydrogens (tertiary/aromatic N) is 1. The van der Waals surface area contributed by atoms with E-state index < -0.39 is 5.03 Å². The van der Waals surface area contributed by atoms with Crippen LogP contribution in [-0.4, -0.2) is 5.03 Å². The van der Waals surface area contributed by atoms with Gasteiger partial charge in [0, 0.05) is 4.47 Å². The van der Waals surface area contributed by atoms with Gasteiger partial charge in [0.1, 0.15) is 5.69 Å². The van der Waals surface area contributed by atoms with Crippen molar-refractivity contribution >= 4 is 21.6 Å². The van der Waals surface area contributed by atoms with Crippen LogP contribution >= 0.6 is 15.9 Å². The van der Waals surface area contributed by atoms with Crippen molar-refractivity contribution in [2.75, 3.05) is 5.43 Å². The van der Waals surface area contributed by atoms with Crippen molar-refractivity contribution in [2.24, 2.45) is 0 Å². The van der Waals surface area contributed by atoms with Gasteiger partial charge in [-0.25, -0.2) is 10.1 Å². The van der Waals surface area contributed by atoms with Crippen LogP contribution in [0.15, 0.2) is 16.6 Å². The van der Waals surface area contributed by atoms with E-state index in [0.29, 0.717) is 5.69 Å². The second kappa shape index (κ2) is 3.74. The minimum Gasteiger partial charge on any atom is -0.235 e. The van der Waals surface area contributed by atoms with Gasteiger partial charge in [-0.3, -0.25) is 0 Å². The predicted octanol–water partition coefficient (Wildman–Crippen LogP) is 2.67. The van der Waals surface area contributed by atoms with Crippen LogP contribution in [0.4, 0.5) is 5.69 Å². The van der Waals surface area contributed by atoms with Crippen LogP contribution < -0.4 is 5.43 Å². The molecule has 0 saturated heterocycles. The number of aryl methyl sites for hydroxylation is 2. The highest BCUT2D eigenvalue weighted by Gasteiger charge is 2.07. The third-order valence-electron chi connectivity index (χ3n) is 1.70. The predicted molar refractivity (Wildman–Crippen MR) is 54.2 cm³/mol. The van der Waals surface area contributed by atoms with Crippen molar-refractivity contribution in [3.8, 4) is 0 Å². The Morgan fingerprint density at radius 2 is 1.85 bits per heavy atom. The first kappa shape index (κ1) is 9.98. The number of hydrogen-bond acceptors (Lipinski definition) is 2. The quantitative estimate of drug-likeness (QED) is 0.643. The number of rotatable bonds is 2. The molecule has 0 aliphatic heterocycles. The second-order valence-corrected chi connectivity index (χ2v) is 3.70. The van der Waals surface area contributed by atoms with Crippen LogP contribution in [0.5, 0.6) is 0 Å². The fraction of sp³-hybridized carbons (Fsp3) is 0.250. The van der Waals surface area contributed by atoms with Gasteiger partial charge in [-0.1, -0.05) is 15.9 Å². The molecule has 0 radical (unpaired) electrons. The molecule has 1 aromatic rings. The SMILES string of the molecule is Cc1cc(Br)cc(C)c1N[N+](=O)[O-]. The molecule has 13 heavy (non-hydrogen) atoms. The highest BCUT2D eigenvalue weighted by atomic mass is 79.9. The lowest BCUT2D eigenvalue weighted by Crippen LogP contribution is -2.10. The summed E-state index contributed by atoms with van der Waals surface area (Å²) in [5, 5.41) is 9.69. The first-order valence-corrected chi connectivity index (χ1v) is 4.48. The Balaban J connectivity index is 3.13. The monoisotopic (exact) mass is 244 g/mol. The lowest BCUT2D eigenvalue weighted by molar-refractivity contribution is -0.445. The maximum Gasteiger partial charge on any atom is 0.162 e. The summed E-state index contributed by atoms with van der Waals surface area (Å²) in [6, 6.07) is 3.66. The van der Waals surface area contributed by atoms with Crippen LogP contribution in [-0.2, 0) is 0 Å². The van der Waals surface area contributed by atoms with Gasteiger partial charge in [0.2, 0.25) is 0 Å². The molecule has 0 atom stereocenters. The van der Waals surface area contributed by atoms with Crippen LogP contribution in [0.25, 0.3) is 0 Å². The highest BCUT2D eigenvalue weighted by Crippen LogP contribution is 2.24. The lowest BCUT2D eigenvalue weighted by Gasteiger charge is -2.06. The summed E-state index contributed by atoms with van der Waals surface area (Å²) in [7, 11) is 0. The molecule has 0 spiro atoms. The van der Waals surface area contributed by atoms with Gasteiger partial charge in [-0.15, -0.1) is 5.43 Å². The molecule has 0 heterocycles. The van der Waals surface area contributed by atoms with Crippen LogP contribution in [0.1, 0.15) is 11.1 Å². The van der Waals surface area contributed by atoms with E-state index in [1.165, 1.54) is 0 Å². The van der Waals surface area contributed by atoms with E-state index in [2.05, 4.69) is 21.4 Å². The average molecular weight is 245 g/mol. The van der Waals surface area contributed by atoms with E-state index >= 15 is 0 Å². The Morgan fingerprint density at radius 1 is 1.38 bits per heavy atom. The van der Waals surface area contributed by atoms with Crippen LogP contribution in [0, 0.1) is 24.0 Å². The van der Waals surface area contributed by atoms with E-state index in [1.807, 2.05) is 26.0 Å². The molecule has 0 unspecified atom stereocenters. The summed E-state index contributed by atoms with van der Waals surface area (Å²) in [6.45, 7) is 3.65. The fourth-order valence-corrected chi connectivity index (χ4v) is 1.87. The van der Waals surface area contributed by atoms with Gasteiger partial charge in [0.15, 0.2) is 5.03 Å². The third-order valence-corrected chi connectivity index (χ3v) is 2.16. The van der Waals surface area contributed by atoms with Crippen molar-refractivity contribution in [1.82, 2.24) is 0 Å². The molecule has 1 aromatic carbocycles. The van der Waals surface area contributed by atoms with E-state index in [-0.39, 0.29) is 0 Å². The first-order valence-electron chi connectivity index (χ1n) is 3.68. The summed E-state index contributed by atoms with van der Waals surface area (Å²) in [4.78, 5) is 10.2. The molecule has 4 nitrogen and oxygen atoms in total. The summed E-state index contributed by atoms with van der Waals surface area (Å²) < 4.78 is 0.927.